The molecule has 0 radical (unpaired) electrons. The highest BCUT2D eigenvalue weighted by molar-refractivity contribution is 6.11. The summed E-state index contributed by atoms with van der Waals surface area (Å²) in [6.45, 7) is 2.15. The summed E-state index contributed by atoms with van der Waals surface area (Å²) in [7, 11) is 0. The summed E-state index contributed by atoms with van der Waals surface area (Å²) >= 11 is 0. The van der Waals surface area contributed by atoms with Crippen LogP contribution in [-0.4, -0.2) is 4.98 Å². The molecule has 4 aromatic carbocycles. The van der Waals surface area contributed by atoms with Gasteiger partial charge in [-0.2, -0.15) is 0 Å². The number of furan rings is 1. The fourth-order valence-corrected chi connectivity index (χ4v) is 4.68. The van der Waals surface area contributed by atoms with Crippen molar-refractivity contribution in [2.75, 3.05) is 0 Å². The van der Waals surface area contributed by atoms with Crippen LogP contribution in [0.5, 0.6) is 0 Å². The number of aromatic nitrogens is 1. The number of nitrogens with zero attached hydrogens (tertiary/aromatic N) is 1. The number of hydrogen-bond acceptors (Lipinski definition) is 2. The molecule has 0 aliphatic rings. The molecule has 33 heavy (non-hydrogen) atoms. The monoisotopic (exact) mass is 425 g/mol. The Morgan fingerprint density at radius 3 is 2.24 bits per heavy atom. The highest BCUT2D eigenvalue weighted by Gasteiger charge is 2.17. The highest BCUT2D eigenvalue weighted by atomic mass is 16.3. The number of aryl methyl sites for hydroxylation is 1. The van der Waals surface area contributed by atoms with Crippen molar-refractivity contribution in [2.24, 2.45) is 0 Å². The minimum atomic E-state index is 0.862. The number of rotatable bonds is 4. The molecule has 158 valence electrons. The van der Waals surface area contributed by atoms with Gasteiger partial charge in [-0.05, 0) is 53.8 Å². The van der Waals surface area contributed by atoms with Gasteiger partial charge >= 0.3 is 0 Å². The number of benzene rings is 4. The maximum Gasteiger partial charge on any atom is 0.145 e. The van der Waals surface area contributed by atoms with Crippen LogP contribution in [0, 0.1) is 6.92 Å². The molecular formula is C31H23NO. The minimum Gasteiger partial charge on any atom is -0.455 e. The van der Waals surface area contributed by atoms with Crippen molar-refractivity contribution in [3.05, 3.63) is 126 Å². The van der Waals surface area contributed by atoms with Crippen LogP contribution >= 0.6 is 0 Å². The molecule has 2 heterocycles. The second-order valence-corrected chi connectivity index (χ2v) is 8.49. The van der Waals surface area contributed by atoms with E-state index in [2.05, 4.69) is 91.9 Å². The molecule has 6 rings (SSSR count). The Balaban J connectivity index is 1.53. The van der Waals surface area contributed by atoms with E-state index in [1.807, 2.05) is 24.4 Å². The molecule has 2 nitrogen and oxygen atoms in total. The maximum atomic E-state index is 6.43. The van der Waals surface area contributed by atoms with Crippen LogP contribution in [0.15, 0.2) is 114 Å². The summed E-state index contributed by atoms with van der Waals surface area (Å²) in [4.78, 5) is 4.86. The zero-order valence-corrected chi connectivity index (χ0v) is 18.5. The van der Waals surface area contributed by atoms with Gasteiger partial charge in [0, 0.05) is 28.1 Å². The normalized spacial score (nSPS) is 11.3. The zero-order chi connectivity index (χ0) is 22.2. The van der Waals surface area contributed by atoms with E-state index in [1.165, 1.54) is 27.6 Å². The molecule has 0 fully saturated rings. The smallest absolute Gasteiger partial charge is 0.145 e. The van der Waals surface area contributed by atoms with Gasteiger partial charge in [0.2, 0.25) is 0 Å². The second kappa shape index (κ2) is 8.07. The van der Waals surface area contributed by atoms with Crippen molar-refractivity contribution < 1.29 is 4.42 Å². The van der Waals surface area contributed by atoms with Gasteiger partial charge < -0.3 is 4.42 Å². The van der Waals surface area contributed by atoms with E-state index in [4.69, 9.17) is 9.40 Å². The number of para-hydroxylation sites is 1. The second-order valence-electron chi connectivity index (χ2n) is 8.49. The third kappa shape index (κ3) is 3.50. The largest absolute Gasteiger partial charge is 0.455 e. The summed E-state index contributed by atoms with van der Waals surface area (Å²) in [6.07, 6.45) is 2.84. The molecule has 0 atom stereocenters. The average Bonchev–Trinajstić information content (AvgIpc) is 3.25. The standard InChI is InChI=1S/C31H23NO/c1-21-18-28(32-20-27(21)23-12-6-3-7-13-23)25-17-16-24(19-22-10-4-2-5-11-22)30-26-14-8-9-15-29(26)33-31(25)30/h2-18,20H,19H2,1H3. The summed E-state index contributed by atoms with van der Waals surface area (Å²) in [5.41, 5.74) is 9.87. The maximum absolute atomic E-state index is 6.43. The van der Waals surface area contributed by atoms with Gasteiger partial charge in [-0.25, -0.2) is 0 Å². The lowest BCUT2D eigenvalue weighted by molar-refractivity contribution is 0.669. The van der Waals surface area contributed by atoms with Crippen LogP contribution in [0.2, 0.25) is 0 Å². The first-order chi connectivity index (χ1) is 16.3. The van der Waals surface area contributed by atoms with Gasteiger partial charge in [0.25, 0.3) is 0 Å². The Morgan fingerprint density at radius 1 is 0.727 bits per heavy atom. The lowest BCUT2D eigenvalue weighted by atomic mass is 9.95. The molecule has 0 aliphatic carbocycles. The fraction of sp³-hybridized carbons (Fsp3) is 0.0645. The van der Waals surface area contributed by atoms with Crippen molar-refractivity contribution >= 4 is 21.9 Å². The van der Waals surface area contributed by atoms with Gasteiger partial charge in [-0.15, -0.1) is 0 Å². The van der Waals surface area contributed by atoms with E-state index in [-0.39, 0.29) is 0 Å². The van der Waals surface area contributed by atoms with Gasteiger partial charge in [0.05, 0.1) is 5.69 Å². The Kier molecular flexibility index (Phi) is 4.77. The highest BCUT2D eigenvalue weighted by Crippen LogP contribution is 2.39. The molecule has 0 unspecified atom stereocenters. The summed E-state index contributed by atoms with van der Waals surface area (Å²) in [6, 6.07) is 35.9. The van der Waals surface area contributed by atoms with Gasteiger partial charge in [-0.1, -0.05) is 84.9 Å². The Morgan fingerprint density at radius 2 is 1.45 bits per heavy atom. The van der Waals surface area contributed by atoms with Crippen LogP contribution in [0.25, 0.3) is 44.3 Å². The third-order valence-electron chi connectivity index (χ3n) is 6.32. The Bertz CT molecular complexity index is 1580. The van der Waals surface area contributed by atoms with Gasteiger partial charge in [-0.3, -0.25) is 4.98 Å². The van der Waals surface area contributed by atoms with Crippen molar-refractivity contribution in [3.8, 4) is 22.4 Å². The zero-order valence-electron chi connectivity index (χ0n) is 18.5. The quantitative estimate of drug-likeness (QED) is 0.284. The SMILES string of the molecule is Cc1cc(-c2ccc(Cc3ccccc3)c3c2oc2ccccc23)ncc1-c1ccccc1. The van der Waals surface area contributed by atoms with Crippen molar-refractivity contribution in [2.45, 2.75) is 13.3 Å². The molecule has 0 aliphatic heterocycles. The molecule has 0 saturated heterocycles. The first-order valence-corrected chi connectivity index (χ1v) is 11.3. The predicted molar refractivity (Wildman–Crippen MR) is 136 cm³/mol. The Hall–Kier alpha value is -4.17. The molecule has 2 heteroatoms. The lowest BCUT2D eigenvalue weighted by Gasteiger charge is -2.11. The first-order valence-electron chi connectivity index (χ1n) is 11.3. The van der Waals surface area contributed by atoms with E-state index in [9.17, 15) is 0 Å². The molecule has 0 N–H and O–H groups in total. The van der Waals surface area contributed by atoms with E-state index >= 15 is 0 Å². The van der Waals surface area contributed by atoms with E-state index in [0.29, 0.717) is 0 Å². The first kappa shape index (κ1) is 19.5. The molecule has 0 saturated carbocycles. The van der Waals surface area contributed by atoms with Crippen molar-refractivity contribution in [1.29, 1.82) is 0 Å². The van der Waals surface area contributed by atoms with Crippen LogP contribution < -0.4 is 0 Å². The van der Waals surface area contributed by atoms with E-state index in [0.717, 1.165) is 39.8 Å². The molecule has 6 aromatic rings. The summed E-state index contributed by atoms with van der Waals surface area (Å²) in [5.74, 6) is 0. The predicted octanol–water partition coefficient (Wildman–Crippen LogP) is 8.21. The van der Waals surface area contributed by atoms with E-state index in [1.54, 1.807) is 0 Å². The fourth-order valence-electron chi connectivity index (χ4n) is 4.68. The van der Waals surface area contributed by atoms with Gasteiger partial charge in [0.15, 0.2) is 0 Å². The summed E-state index contributed by atoms with van der Waals surface area (Å²) in [5, 5.41) is 2.33. The lowest BCUT2D eigenvalue weighted by Crippen LogP contribution is -1.93. The van der Waals surface area contributed by atoms with Crippen LogP contribution in [0.3, 0.4) is 0 Å². The van der Waals surface area contributed by atoms with Crippen LogP contribution in [0.4, 0.5) is 0 Å². The van der Waals surface area contributed by atoms with Crippen LogP contribution in [0.1, 0.15) is 16.7 Å². The molecular weight excluding hydrogens is 402 g/mol. The minimum absolute atomic E-state index is 0.862. The number of hydrogen-bond donors (Lipinski definition) is 0. The van der Waals surface area contributed by atoms with Crippen LogP contribution in [-0.2, 0) is 6.42 Å². The van der Waals surface area contributed by atoms with E-state index < -0.39 is 0 Å². The molecule has 0 spiro atoms. The number of fused-ring (bicyclic) bond motifs is 3. The third-order valence-corrected chi connectivity index (χ3v) is 6.32. The topological polar surface area (TPSA) is 26.0 Å². The molecule has 0 amide bonds. The average molecular weight is 426 g/mol. The van der Waals surface area contributed by atoms with Crippen molar-refractivity contribution in [1.82, 2.24) is 4.98 Å². The molecule has 2 aromatic heterocycles. The van der Waals surface area contributed by atoms with Gasteiger partial charge in [0.1, 0.15) is 11.2 Å². The number of pyridine rings is 1. The molecule has 0 bridgehead atoms. The Labute approximate surface area is 193 Å². The van der Waals surface area contributed by atoms with Crippen molar-refractivity contribution in [3.63, 3.8) is 0 Å². The summed E-state index contributed by atoms with van der Waals surface area (Å²) < 4.78 is 6.43.